The fourth-order valence-electron chi connectivity index (χ4n) is 0.224. The van der Waals surface area contributed by atoms with Crippen molar-refractivity contribution in [3.63, 3.8) is 0 Å². The van der Waals surface area contributed by atoms with Gasteiger partial charge in [-0.15, -0.1) is 0 Å². The van der Waals surface area contributed by atoms with Gasteiger partial charge in [0.05, 0.1) is 0 Å². The van der Waals surface area contributed by atoms with E-state index in [4.69, 9.17) is 0 Å². The van der Waals surface area contributed by atoms with Crippen LogP contribution in [-0.2, 0) is 0 Å². The molecule has 0 aliphatic carbocycles. The Balaban J connectivity index is 2.75. The summed E-state index contributed by atoms with van der Waals surface area (Å²) in [6, 6.07) is 0. The zero-order chi connectivity index (χ0) is 4.99. The molecule has 0 nitrogen and oxygen atoms in total. The van der Waals surface area contributed by atoms with Crippen LogP contribution in [0.25, 0.3) is 0 Å². The summed E-state index contributed by atoms with van der Waals surface area (Å²) >= 11 is -0.511. The third-order valence-electron chi connectivity index (χ3n) is 1.08. The van der Waals surface area contributed by atoms with Crippen molar-refractivity contribution in [2.45, 2.75) is 27.5 Å². The van der Waals surface area contributed by atoms with Crippen molar-refractivity contribution in [2.24, 2.45) is 0 Å². The van der Waals surface area contributed by atoms with E-state index in [2.05, 4.69) is 18.7 Å². The van der Waals surface area contributed by atoms with Gasteiger partial charge in [-0.3, -0.25) is 0 Å². The van der Waals surface area contributed by atoms with Gasteiger partial charge in [-0.25, -0.2) is 0 Å². The van der Waals surface area contributed by atoms with E-state index in [1.807, 2.05) is 0 Å². The Labute approximate surface area is 47.9 Å². The van der Waals surface area contributed by atoms with Gasteiger partial charge in [0.25, 0.3) is 0 Å². The molecule has 0 saturated heterocycles. The predicted molar refractivity (Wildman–Crippen MR) is 32.6 cm³/mol. The topological polar surface area (TPSA) is 0 Å². The van der Waals surface area contributed by atoms with Crippen LogP contribution < -0.4 is 0 Å². The zero-order valence-electron chi connectivity index (χ0n) is 4.86. The van der Waals surface area contributed by atoms with Crippen LogP contribution >= 0.6 is 0 Å². The van der Waals surface area contributed by atoms with Crippen LogP contribution in [0.4, 0.5) is 0 Å². The van der Waals surface area contributed by atoms with Gasteiger partial charge in [-0.1, -0.05) is 0 Å². The van der Waals surface area contributed by atoms with Crippen molar-refractivity contribution in [3.8, 4) is 0 Å². The molecule has 0 rings (SSSR count). The molecule has 0 fully saturated rings. The van der Waals surface area contributed by atoms with Gasteiger partial charge in [-0.2, -0.15) is 0 Å². The Morgan fingerprint density at radius 3 is 1.50 bits per heavy atom. The first-order valence-electron chi connectivity index (χ1n) is 2.49. The first-order chi connectivity index (χ1) is 2.81. The minimum absolute atomic E-state index is 0.511. The Bertz CT molecular complexity index is 23.1. The number of hydrogen-bond donors (Lipinski definition) is 0. The van der Waals surface area contributed by atoms with E-state index < -0.39 is 20.2 Å². The van der Waals surface area contributed by atoms with Crippen LogP contribution in [0, 0.1) is 0 Å². The fraction of sp³-hybridized carbons (Fsp3) is 1.00. The summed E-state index contributed by atoms with van der Waals surface area (Å²) in [6.07, 6.45) is 0. The summed E-state index contributed by atoms with van der Waals surface area (Å²) in [5.41, 5.74) is 0. The SMILES string of the molecule is C[CH2][Sb]([CH3])[CH2]C. The van der Waals surface area contributed by atoms with Crippen molar-refractivity contribution in [2.75, 3.05) is 0 Å². The van der Waals surface area contributed by atoms with E-state index in [1.54, 1.807) is 0 Å². The van der Waals surface area contributed by atoms with Crippen molar-refractivity contribution >= 4 is 20.2 Å². The molecular weight excluding hydrogens is 182 g/mol. The van der Waals surface area contributed by atoms with Gasteiger partial charge in [-0.05, 0) is 0 Å². The zero-order valence-corrected chi connectivity index (χ0v) is 7.41. The van der Waals surface area contributed by atoms with Gasteiger partial charge < -0.3 is 0 Å². The molecule has 0 heterocycles. The van der Waals surface area contributed by atoms with Crippen LogP contribution in [-0.4, -0.2) is 20.2 Å². The van der Waals surface area contributed by atoms with Crippen molar-refractivity contribution in [1.29, 1.82) is 0 Å². The van der Waals surface area contributed by atoms with E-state index in [0.717, 1.165) is 0 Å². The monoisotopic (exact) mass is 194 g/mol. The maximum atomic E-state index is 2.46. The molecule has 0 aromatic rings. The predicted octanol–water partition coefficient (Wildman–Crippen LogP) is 2.15. The molecule has 1 heteroatoms. The Morgan fingerprint density at radius 1 is 1.17 bits per heavy atom. The minimum atomic E-state index is -0.511. The molecule has 6 heavy (non-hydrogen) atoms. The van der Waals surface area contributed by atoms with Gasteiger partial charge >= 0.3 is 47.7 Å². The normalized spacial score (nSPS) is 10.0. The molecule has 0 radical (unpaired) electrons. The average Bonchev–Trinajstić information content (AvgIpc) is 1.65. The molecule has 0 amide bonds. The van der Waals surface area contributed by atoms with E-state index >= 15 is 0 Å². The van der Waals surface area contributed by atoms with Gasteiger partial charge in [0.15, 0.2) is 0 Å². The fourth-order valence-corrected chi connectivity index (χ4v) is 1.50. The quantitative estimate of drug-likeness (QED) is 0.592. The molecule has 0 atom stereocenters. The molecule has 0 N–H and O–H groups in total. The van der Waals surface area contributed by atoms with Crippen LogP contribution in [0.3, 0.4) is 0 Å². The third-order valence-corrected chi connectivity index (χ3v) is 7.24. The van der Waals surface area contributed by atoms with Crippen LogP contribution in [0.15, 0.2) is 0 Å². The molecule has 0 aromatic carbocycles. The molecule has 0 unspecified atom stereocenters. The molecule has 38 valence electrons. The van der Waals surface area contributed by atoms with E-state index in [9.17, 15) is 0 Å². The first-order valence-corrected chi connectivity index (χ1v) is 8.66. The van der Waals surface area contributed by atoms with E-state index in [-0.39, 0.29) is 0 Å². The van der Waals surface area contributed by atoms with Gasteiger partial charge in [0.2, 0.25) is 0 Å². The maximum absolute atomic E-state index is 2.46. The number of hydrogen-bond acceptors (Lipinski definition) is 0. The molecule has 0 spiro atoms. The summed E-state index contributed by atoms with van der Waals surface area (Å²) in [5, 5.41) is 0. The van der Waals surface area contributed by atoms with Crippen molar-refractivity contribution in [1.82, 2.24) is 0 Å². The summed E-state index contributed by atoms with van der Waals surface area (Å²) in [5.74, 6) is 0. The molecule has 0 aliphatic heterocycles. The van der Waals surface area contributed by atoms with Crippen LogP contribution in [0.1, 0.15) is 13.8 Å². The van der Waals surface area contributed by atoms with E-state index in [1.165, 1.54) is 8.73 Å². The Kier molecular flexibility index (Phi) is 4.53. The van der Waals surface area contributed by atoms with Crippen molar-refractivity contribution < 1.29 is 0 Å². The molecule has 0 saturated carbocycles. The summed E-state index contributed by atoms with van der Waals surface area (Å²) < 4.78 is 3.03. The van der Waals surface area contributed by atoms with Crippen LogP contribution in [0.2, 0.25) is 13.6 Å². The average molecular weight is 195 g/mol. The molecule has 0 aliphatic rings. The third kappa shape index (κ3) is 3.03. The summed E-state index contributed by atoms with van der Waals surface area (Å²) in [6.45, 7) is 4.62. The summed E-state index contributed by atoms with van der Waals surface area (Å²) in [4.78, 5) is 2.46. The second kappa shape index (κ2) is 3.99. The van der Waals surface area contributed by atoms with Gasteiger partial charge in [0, 0.05) is 0 Å². The van der Waals surface area contributed by atoms with E-state index in [0.29, 0.717) is 0 Å². The molecule has 0 aromatic heterocycles. The van der Waals surface area contributed by atoms with Gasteiger partial charge in [0.1, 0.15) is 0 Å². The second-order valence-electron chi connectivity index (χ2n) is 1.49. The Hall–Kier alpha value is 0.818. The van der Waals surface area contributed by atoms with Crippen LogP contribution in [0.5, 0.6) is 0 Å². The second-order valence-corrected chi connectivity index (χ2v) is 9.99. The Morgan fingerprint density at radius 2 is 1.50 bits per heavy atom. The summed E-state index contributed by atoms with van der Waals surface area (Å²) in [7, 11) is 0. The molecular formula is C5H13Sb. The van der Waals surface area contributed by atoms with Crippen molar-refractivity contribution in [3.05, 3.63) is 0 Å². The number of rotatable bonds is 2. The standard InChI is InChI=1S/2C2H5.CH3.Sb/c2*1-2;;/h2*1H2,2H3;1H3;. The molecule has 0 bridgehead atoms. The first kappa shape index (κ1) is 6.82.